The maximum absolute atomic E-state index is 10.7. The summed E-state index contributed by atoms with van der Waals surface area (Å²) in [6, 6.07) is 5.53. The smallest absolute Gasteiger partial charge is 0.270 e. The number of hydrogen-bond acceptors (Lipinski definition) is 4. The van der Waals surface area contributed by atoms with E-state index in [2.05, 4.69) is 26.1 Å². The minimum Gasteiger partial charge on any atom is -0.308 e. The number of halogens is 1. The Balaban J connectivity index is 1.62. The highest BCUT2D eigenvalue weighted by atomic mass is 79.9. The van der Waals surface area contributed by atoms with Crippen LogP contribution in [0.4, 0.5) is 5.69 Å². The van der Waals surface area contributed by atoms with Gasteiger partial charge in [0.05, 0.1) is 4.92 Å². The van der Waals surface area contributed by atoms with Gasteiger partial charge in [-0.25, -0.2) is 0 Å². The van der Waals surface area contributed by atoms with Gasteiger partial charge in [-0.2, -0.15) is 0 Å². The fourth-order valence-electron chi connectivity index (χ4n) is 3.23. The van der Waals surface area contributed by atoms with E-state index in [1.165, 1.54) is 25.9 Å². The molecule has 6 heteroatoms. The molecule has 0 amide bonds. The molecule has 0 spiro atoms. The van der Waals surface area contributed by atoms with E-state index < -0.39 is 0 Å². The van der Waals surface area contributed by atoms with Crippen molar-refractivity contribution in [3.05, 3.63) is 38.3 Å². The Morgan fingerprint density at radius 2 is 2.15 bits per heavy atom. The van der Waals surface area contributed by atoms with Crippen molar-refractivity contribution >= 4 is 21.6 Å². The minimum absolute atomic E-state index is 0.128. The number of nitrogens with zero attached hydrogens (tertiary/aromatic N) is 2. The Morgan fingerprint density at radius 1 is 1.40 bits per heavy atom. The van der Waals surface area contributed by atoms with Crippen LogP contribution in [0.2, 0.25) is 0 Å². The van der Waals surface area contributed by atoms with Crippen molar-refractivity contribution < 1.29 is 4.92 Å². The molecule has 1 unspecified atom stereocenters. The monoisotopic (exact) mass is 339 g/mol. The number of rotatable bonds is 4. The Morgan fingerprint density at radius 3 is 2.70 bits per heavy atom. The molecule has 4 rings (SSSR count). The number of piperidine rings is 3. The number of benzene rings is 1. The third-order valence-electron chi connectivity index (χ3n) is 4.46. The van der Waals surface area contributed by atoms with Crippen molar-refractivity contribution in [2.45, 2.75) is 25.4 Å². The zero-order valence-electron chi connectivity index (χ0n) is 11.2. The van der Waals surface area contributed by atoms with Gasteiger partial charge in [-0.15, -0.1) is 0 Å². The summed E-state index contributed by atoms with van der Waals surface area (Å²) in [4.78, 5) is 12.9. The number of nitro benzene ring substituents is 1. The Hall–Kier alpha value is -0.980. The lowest BCUT2D eigenvalue weighted by Gasteiger charge is -2.45. The van der Waals surface area contributed by atoms with E-state index in [-0.39, 0.29) is 10.6 Å². The van der Waals surface area contributed by atoms with Crippen molar-refractivity contribution in [1.82, 2.24) is 10.2 Å². The predicted octanol–water partition coefficient (Wildman–Crippen LogP) is 2.54. The number of fused-ring (bicyclic) bond motifs is 3. The third kappa shape index (κ3) is 2.87. The van der Waals surface area contributed by atoms with Crippen molar-refractivity contribution in [1.29, 1.82) is 0 Å². The van der Waals surface area contributed by atoms with Crippen molar-refractivity contribution in [2.75, 3.05) is 19.6 Å². The zero-order valence-corrected chi connectivity index (χ0v) is 12.8. The van der Waals surface area contributed by atoms with E-state index in [0.717, 1.165) is 29.0 Å². The molecule has 1 N–H and O–H groups in total. The molecule has 0 aliphatic carbocycles. The van der Waals surface area contributed by atoms with Gasteiger partial charge in [-0.1, -0.05) is 15.9 Å². The average Bonchev–Trinajstić information content (AvgIpc) is 2.47. The van der Waals surface area contributed by atoms with Gasteiger partial charge < -0.3 is 10.2 Å². The molecule has 2 bridgehead atoms. The van der Waals surface area contributed by atoms with Gasteiger partial charge in [0.25, 0.3) is 5.69 Å². The minimum atomic E-state index is -0.366. The molecule has 5 nitrogen and oxygen atoms in total. The van der Waals surface area contributed by atoms with E-state index in [1.807, 2.05) is 6.07 Å². The molecule has 108 valence electrons. The molecular weight excluding hydrogens is 322 g/mol. The molecule has 1 aromatic rings. The Labute approximate surface area is 126 Å². The highest BCUT2D eigenvalue weighted by Gasteiger charge is 2.33. The van der Waals surface area contributed by atoms with Crippen LogP contribution in [0.3, 0.4) is 0 Å². The van der Waals surface area contributed by atoms with Crippen LogP contribution in [0.25, 0.3) is 0 Å². The van der Waals surface area contributed by atoms with E-state index in [0.29, 0.717) is 6.04 Å². The highest BCUT2D eigenvalue weighted by Crippen LogP contribution is 2.28. The summed E-state index contributed by atoms with van der Waals surface area (Å²) in [6.07, 6.45) is 2.58. The van der Waals surface area contributed by atoms with Crippen LogP contribution in [-0.2, 0) is 6.54 Å². The number of hydrogen-bond donors (Lipinski definition) is 1. The van der Waals surface area contributed by atoms with Crippen LogP contribution in [0.5, 0.6) is 0 Å². The maximum atomic E-state index is 10.7. The summed E-state index contributed by atoms with van der Waals surface area (Å²) in [7, 11) is 0. The third-order valence-corrected chi connectivity index (χ3v) is 5.20. The standard InChI is InChI=1S/C14H18BrN3O2/c15-13-7-12(18(19)20)2-1-11(13)8-16-14-9-17-5-3-10(14)4-6-17/h1-2,7,10,14,16H,3-6,8-9H2. The molecule has 3 heterocycles. The number of nitro groups is 1. The van der Waals surface area contributed by atoms with Crippen molar-refractivity contribution in [2.24, 2.45) is 5.92 Å². The summed E-state index contributed by atoms with van der Waals surface area (Å²) >= 11 is 3.43. The molecule has 3 fully saturated rings. The maximum Gasteiger partial charge on any atom is 0.270 e. The lowest BCUT2D eigenvalue weighted by Crippen LogP contribution is -2.55. The van der Waals surface area contributed by atoms with Crippen LogP contribution in [-0.4, -0.2) is 35.5 Å². The van der Waals surface area contributed by atoms with Gasteiger partial charge >= 0.3 is 0 Å². The molecule has 0 saturated carbocycles. The van der Waals surface area contributed by atoms with Crippen molar-refractivity contribution in [3.8, 4) is 0 Å². The molecule has 20 heavy (non-hydrogen) atoms. The second kappa shape index (κ2) is 5.79. The summed E-state index contributed by atoms with van der Waals surface area (Å²) in [5, 5.41) is 14.3. The molecule has 3 saturated heterocycles. The topological polar surface area (TPSA) is 58.4 Å². The average molecular weight is 340 g/mol. The first-order valence-electron chi connectivity index (χ1n) is 7.02. The molecule has 0 aromatic heterocycles. The first kappa shape index (κ1) is 14.0. The summed E-state index contributed by atoms with van der Waals surface area (Å²) < 4.78 is 0.806. The summed E-state index contributed by atoms with van der Waals surface area (Å²) in [5.74, 6) is 0.789. The fourth-order valence-corrected chi connectivity index (χ4v) is 3.74. The quantitative estimate of drug-likeness (QED) is 0.676. The predicted molar refractivity (Wildman–Crippen MR) is 80.6 cm³/mol. The molecule has 3 aliphatic rings. The molecule has 1 aromatic carbocycles. The largest absolute Gasteiger partial charge is 0.308 e. The second-order valence-electron chi connectivity index (χ2n) is 5.66. The number of nitrogens with one attached hydrogen (secondary N) is 1. The van der Waals surface area contributed by atoms with Crippen LogP contribution in [0.15, 0.2) is 22.7 Å². The lowest BCUT2D eigenvalue weighted by molar-refractivity contribution is -0.384. The van der Waals surface area contributed by atoms with Crippen LogP contribution < -0.4 is 5.32 Å². The van der Waals surface area contributed by atoms with Crippen LogP contribution in [0.1, 0.15) is 18.4 Å². The van der Waals surface area contributed by atoms with Gasteiger partial charge in [0.2, 0.25) is 0 Å². The van der Waals surface area contributed by atoms with Gasteiger partial charge in [-0.05, 0) is 43.5 Å². The highest BCUT2D eigenvalue weighted by molar-refractivity contribution is 9.10. The summed E-state index contributed by atoms with van der Waals surface area (Å²) in [6.45, 7) is 4.37. The van der Waals surface area contributed by atoms with Gasteiger partial charge in [0.15, 0.2) is 0 Å². The van der Waals surface area contributed by atoms with E-state index >= 15 is 0 Å². The van der Waals surface area contributed by atoms with Crippen molar-refractivity contribution in [3.63, 3.8) is 0 Å². The van der Waals surface area contributed by atoms with E-state index in [4.69, 9.17) is 0 Å². The molecule has 1 atom stereocenters. The molecular formula is C14H18BrN3O2. The van der Waals surface area contributed by atoms with Crippen LogP contribution in [0, 0.1) is 16.0 Å². The zero-order chi connectivity index (χ0) is 14.1. The first-order chi connectivity index (χ1) is 9.63. The van der Waals surface area contributed by atoms with Crippen LogP contribution >= 0.6 is 15.9 Å². The fraction of sp³-hybridized carbons (Fsp3) is 0.571. The van der Waals surface area contributed by atoms with Gasteiger partial charge in [-0.3, -0.25) is 10.1 Å². The lowest BCUT2D eigenvalue weighted by atomic mass is 9.84. The molecule has 0 radical (unpaired) electrons. The Bertz CT molecular complexity index is 515. The van der Waals surface area contributed by atoms with Gasteiger partial charge in [0.1, 0.15) is 0 Å². The normalized spacial score (nSPS) is 28.6. The SMILES string of the molecule is O=[N+]([O-])c1ccc(CNC2CN3CCC2CC3)c(Br)c1. The number of non-ortho nitro benzene ring substituents is 1. The molecule has 3 aliphatic heterocycles. The van der Waals surface area contributed by atoms with Gasteiger partial charge in [0, 0.05) is 35.7 Å². The second-order valence-corrected chi connectivity index (χ2v) is 6.51. The summed E-state index contributed by atoms with van der Waals surface area (Å²) in [5.41, 5.74) is 1.20. The van der Waals surface area contributed by atoms with E-state index in [9.17, 15) is 10.1 Å². The first-order valence-corrected chi connectivity index (χ1v) is 7.81. The Kier molecular flexibility index (Phi) is 4.05. The van der Waals surface area contributed by atoms with E-state index in [1.54, 1.807) is 12.1 Å².